The van der Waals surface area contributed by atoms with Crippen LogP contribution >= 0.6 is 34.7 Å². The Morgan fingerprint density at radius 2 is 2.00 bits per heavy atom. The van der Waals surface area contributed by atoms with Gasteiger partial charge in [-0.2, -0.15) is 0 Å². The number of furan rings is 1. The van der Waals surface area contributed by atoms with Gasteiger partial charge < -0.3 is 19.2 Å². The molecule has 1 amide bonds. The van der Waals surface area contributed by atoms with Crippen molar-refractivity contribution in [1.82, 2.24) is 19.7 Å². The van der Waals surface area contributed by atoms with E-state index in [2.05, 4.69) is 20.5 Å². The number of hydrogen-bond donors (Lipinski definition) is 1. The quantitative estimate of drug-likeness (QED) is 0.220. The Morgan fingerprint density at radius 3 is 2.76 bits per heavy atom. The molecule has 37 heavy (non-hydrogen) atoms. The number of carbonyl (C=O) groups is 1. The van der Waals surface area contributed by atoms with E-state index in [9.17, 15) is 4.79 Å². The second kappa shape index (κ2) is 11.1. The molecule has 0 radical (unpaired) electrons. The fourth-order valence-electron chi connectivity index (χ4n) is 3.53. The molecule has 0 spiro atoms. The van der Waals surface area contributed by atoms with Crippen molar-refractivity contribution in [3.8, 4) is 40.0 Å². The van der Waals surface area contributed by atoms with Gasteiger partial charge in [-0.3, -0.25) is 9.36 Å². The molecule has 5 rings (SSSR count). The largest absolute Gasteiger partial charge is 0.497 e. The molecule has 12 heteroatoms. The minimum atomic E-state index is -0.239. The van der Waals surface area contributed by atoms with Gasteiger partial charge in [-0.15, -0.1) is 21.5 Å². The second-order valence-corrected chi connectivity index (χ2v) is 9.72. The number of amides is 1. The summed E-state index contributed by atoms with van der Waals surface area (Å²) in [5, 5.41) is 14.9. The van der Waals surface area contributed by atoms with Gasteiger partial charge in [0.1, 0.15) is 11.5 Å². The van der Waals surface area contributed by atoms with Crippen molar-refractivity contribution in [3.63, 3.8) is 0 Å². The van der Waals surface area contributed by atoms with E-state index in [1.54, 1.807) is 55.4 Å². The summed E-state index contributed by atoms with van der Waals surface area (Å²) in [5.41, 5.74) is 2.15. The van der Waals surface area contributed by atoms with Gasteiger partial charge in [0.2, 0.25) is 11.7 Å². The van der Waals surface area contributed by atoms with Gasteiger partial charge in [0.05, 0.1) is 37.6 Å². The van der Waals surface area contributed by atoms with Gasteiger partial charge in [-0.1, -0.05) is 41.6 Å². The lowest BCUT2D eigenvalue weighted by molar-refractivity contribution is -0.113. The van der Waals surface area contributed by atoms with E-state index in [-0.39, 0.29) is 11.7 Å². The normalized spacial score (nSPS) is 10.9. The Hall–Kier alpha value is -3.80. The first-order valence-corrected chi connectivity index (χ1v) is 13.2. The lowest BCUT2D eigenvalue weighted by Gasteiger charge is -2.14. The van der Waals surface area contributed by atoms with E-state index in [4.69, 9.17) is 25.5 Å². The van der Waals surface area contributed by atoms with Crippen LogP contribution in [0.2, 0.25) is 5.02 Å². The highest BCUT2D eigenvalue weighted by molar-refractivity contribution is 7.99. The van der Waals surface area contributed by atoms with Crippen LogP contribution in [0.4, 0.5) is 5.13 Å². The Bertz CT molecular complexity index is 1530. The van der Waals surface area contributed by atoms with Gasteiger partial charge in [0.15, 0.2) is 16.0 Å². The molecular formula is C25H20ClN5O4S2. The predicted octanol–water partition coefficient (Wildman–Crippen LogP) is 6.05. The Labute approximate surface area is 225 Å². The highest BCUT2D eigenvalue weighted by Crippen LogP contribution is 2.35. The van der Waals surface area contributed by atoms with Crippen LogP contribution in [-0.2, 0) is 4.79 Å². The van der Waals surface area contributed by atoms with Gasteiger partial charge >= 0.3 is 0 Å². The number of halogens is 1. The number of rotatable bonds is 9. The molecule has 0 atom stereocenters. The molecule has 0 unspecified atom stereocenters. The Kier molecular flexibility index (Phi) is 7.45. The molecule has 0 saturated carbocycles. The third-order valence-corrected chi connectivity index (χ3v) is 7.25. The van der Waals surface area contributed by atoms with Crippen molar-refractivity contribution in [1.29, 1.82) is 0 Å². The predicted molar refractivity (Wildman–Crippen MR) is 144 cm³/mol. The molecule has 2 aromatic carbocycles. The van der Waals surface area contributed by atoms with Crippen molar-refractivity contribution in [2.24, 2.45) is 0 Å². The summed E-state index contributed by atoms with van der Waals surface area (Å²) in [7, 11) is 3.16. The first-order valence-electron chi connectivity index (χ1n) is 10.9. The lowest BCUT2D eigenvalue weighted by Crippen LogP contribution is -2.14. The number of carbonyl (C=O) groups excluding carboxylic acids is 1. The number of thioether (sulfide) groups is 1. The SMILES string of the molecule is COc1ccc(OC)c(-n2c(SCC(=O)Nc3nc(-c4ccccc4Cl)cs3)nnc2-c2ccco2)c1. The maximum absolute atomic E-state index is 12.8. The fourth-order valence-corrected chi connectivity index (χ4v) is 5.23. The van der Waals surface area contributed by atoms with Gasteiger partial charge in [0.25, 0.3) is 0 Å². The summed E-state index contributed by atoms with van der Waals surface area (Å²) in [6.45, 7) is 0. The summed E-state index contributed by atoms with van der Waals surface area (Å²) in [5.74, 6) is 2.02. The second-order valence-electron chi connectivity index (χ2n) is 7.51. The number of methoxy groups -OCH3 is 2. The number of benzene rings is 2. The van der Waals surface area contributed by atoms with Gasteiger partial charge in [-0.05, 0) is 30.3 Å². The number of ether oxygens (including phenoxy) is 2. The van der Waals surface area contributed by atoms with Crippen molar-refractivity contribution in [2.75, 3.05) is 25.3 Å². The zero-order valence-corrected chi connectivity index (χ0v) is 22.1. The molecule has 1 N–H and O–H groups in total. The first kappa shape index (κ1) is 24.9. The van der Waals surface area contributed by atoms with E-state index in [1.807, 2.05) is 29.6 Å². The van der Waals surface area contributed by atoms with Crippen LogP contribution in [0.15, 0.2) is 75.8 Å². The Morgan fingerprint density at radius 1 is 1.14 bits per heavy atom. The fraction of sp³-hybridized carbons (Fsp3) is 0.120. The van der Waals surface area contributed by atoms with Crippen molar-refractivity contribution >= 4 is 45.7 Å². The summed E-state index contributed by atoms with van der Waals surface area (Å²) >= 11 is 8.82. The average molecular weight is 554 g/mol. The number of nitrogens with one attached hydrogen (secondary N) is 1. The average Bonchev–Trinajstić information content (AvgIpc) is 3.68. The smallest absolute Gasteiger partial charge is 0.236 e. The molecule has 0 bridgehead atoms. The molecule has 0 aliphatic heterocycles. The summed E-state index contributed by atoms with van der Waals surface area (Å²) in [4.78, 5) is 17.3. The van der Waals surface area contributed by atoms with E-state index in [0.717, 1.165) is 5.56 Å². The maximum atomic E-state index is 12.8. The minimum absolute atomic E-state index is 0.0730. The van der Waals surface area contributed by atoms with E-state index in [1.165, 1.54) is 23.1 Å². The van der Waals surface area contributed by atoms with Crippen LogP contribution < -0.4 is 14.8 Å². The lowest BCUT2D eigenvalue weighted by atomic mass is 10.2. The number of aromatic nitrogens is 4. The number of hydrogen-bond acceptors (Lipinski definition) is 9. The number of anilines is 1. The van der Waals surface area contributed by atoms with Crippen LogP contribution in [-0.4, -0.2) is 45.6 Å². The molecule has 3 aromatic heterocycles. The zero-order valence-electron chi connectivity index (χ0n) is 19.7. The number of nitrogens with zero attached hydrogens (tertiary/aromatic N) is 4. The molecule has 9 nitrogen and oxygen atoms in total. The van der Waals surface area contributed by atoms with Gasteiger partial charge in [0, 0.05) is 22.0 Å². The van der Waals surface area contributed by atoms with E-state index < -0.39 is 0 Å². The molecule has 0 fully saturated rings. The highest BCUT2D eigenvalue weighted by atomic mass is 35.5. The van der Waals surface area contributed by atoms with Gasteiger partial charge in [-0.25, -0.2) is 4.98 Å². The third-order valence-electron chi connectivity index (χ3n) is 5.23. The summed E-state index contributed by atoms with van der Waals surface area (Å²) < 4.78 is 18.3. The van der Waals surface area contributed by atoms with Crippen LogP contribution in [0, 0.1) is 0 Å². The molecule has 3 heterocycles. The highest BCUT2D eigenvalue weighted by Gasteiger charge is 2.22. The minimum Gasteiger partial charge on any atom is -0.497 e. The molecule has 0 aliphatic carbocycles. The standard InChI is InChI=1S/C25H20ClN5O4S2/c1-33-15-9-10-20(34-2)19(12-15)31-23(21-8-5-11-35-21)29-30-25(31)37-14-22(32)28-24-27-18(13-36-24)16-6-3-4-7-17(16)26/h3-13H,14H2,1-2H3,(H,27,28,32). The monoisotopic (exact) mass is 553 g/mol. The summed E-state index contributed by atoms with van der Waals surface area (Å²) in [6, 6.07) is 16.4. The van der Waals surface area contributed by atoms with Crippen LogP contribution in [0.25, 0.3) is 28.5 Å². The topological polar surface area (TPSA) is 104 Å². The molecule has 5 aromatic rings. The van der Waals surface area contributed by atoms with Crippen LogP contribution in [0.1, 0.15) is 0 Å². The van der Waals surface area contributed by atoms with E-state index >= 15 is 0 Å². The van der Waals surface area contributed by atoms with Crippen molar-refractivity contribution in [2.45, 2.75) is 5.16 Å². The van der Waals surface area contributed by atoms with Crippen LogP contribution in [0.3, 0.4) is 0 Å². The Balaban J connectivity index is 1.38. The van der Waals surface area contributed by atoms with Crippen molar-refractivity contribution in [3.05, 3.63) is 71.3 Å². The molecular weight excluding hydrogens is 534 g/mol. The molecule has 188 valence electrons. The molecule has 0 saturated heterocycles. The summed E-state index contributed by atoms with van der Waals surface area (Å²) in [6.07, 6.45) is 1.56. The first-order chi connectivity index (χ1) is 18.1. The van der Waals surface area contributed by atoms with E-state index in [0.29, 0.717) is 49.8 Å². The molecule has 0 aliphatic rings. The zero-order chi connectivity index (χ0) is 25.8. The van der Waals surface area contributed by atoms with Crippen molar-refractivity contribution < 1.29 is 18.7 Å². The van der Waals surface area contributed by atoms with Crippen LogP contribution in [0.5, 0.6) is 11.5 Å². The maximum Gasteiger partial charge on any atom is 0.236 e. The number of thiazole rings is 1. The third kappa shape index (κ3) is 5.33.